The van der Waals surface area contributed by atoms with E-state index >= 15 is 0 Å². The number of nitrogens with two attached hydrogens (primary N) is 1. The largest absolute Gasteiger partial charge is 0.454 e. The SMILES string of the molecule is CN(Cc1ccc2c(c1)OCO2)C(=O)c1csc(CCN)n1.Cl. The van der Waals surface area contributed by atoms with Crippen molar-refractivity contribution in [3.05, 3.63) is 39.8 Å². The molecule has 0 saturated heterocycles. The van der Waals surface area contributed by atoms with Crippen LogP contribution in [0.25, 0.3) is 0 Å². The van der Waals surface area contributed by atoms with Crippen molar-refractivity contribution in [2.24, 2.45) is 5.73 Å². The molecule has 1 aromatic heterocycles. The van der Waals surface area contributed by atoms with Crippen LogP contribution in [0.4, 0.5) is 0 Å². The van der Waals surface area contributed by atoms with Gasteiger partial charge in [-0.05, 0) is 24.2 Å². The quantitative estimate of drug-likeness (QED) is 0.888. The van der Waals surface area contributed by atoms with Crippen LogP contribution in [0, 0.1) is 0 Å². The van der Waals surface area contributed by atoms with Gasteiger partial charge in [0.25, 0.3) is 5.91 Å². The van der Waals surface area contributed by atoms with Gasteiger partial charge < -0.3 is 20.1 Å². The van der Waals surface area contributed by atoms with Gasteiger partial charge in [0.1, 0.15) is 5.69 Å². The summed E-state index contributed by atoms with van der Waals surface area (Å²) in [4.78, 5) is 18.3. The molecule has 2 heterocycles. The average Bonchev–Trinajstić information content (AvgIpc) is 3.15. The lowest BCUT2D eigenvalue weighted by Gasteiger charge is -2.16. The molecule has 0 bridgehead atoms. The first-order chi connectivity index (χ1) is 10.7. The molecule has 1 amide bonds. The van der Waals surface area contributed by atoms with Gasteiger partial charge in [-0.25, -0.2) is 4.98 Å². The first-order valence-corrected chi connectivity index (χ1v) is 7.84. The van der Waals surface area contributed by atoms with E-state index in [9.17, 15) is 4.79 Å². The predicted octanol–water partition coefficient (Wildman–Crippen LogP) is 2.07. The van der Waals surface area contributed by atoms with Gasteiger partial charge >= 0.3 is 0 Å². The topological polar surface area (TPSA) is 77.7 Å². The summed E-state index contributed by atoms with van der Waals surface area (Å²) in [5, 5.41) is 2.67. The number of fused-ring (bicyclic) bond motifs is 1. The summed E-state index contributed by atoms with van der Waals surface area (Å²) >= 11 is 1.47. The van der Waals surface area contributed by atoms with E-state index in [2.05, 4.69) is 4.98 Å². The molecule has 0 spiro atoms. The van der Waals surface area contributed by atoms with Gasteiger partial charge in [-0.1, -0.05) is 6.07 Å². The van der Waals surface area contributed by atoms with Crippen molar-refractivity contribution >= 4 is 29.7 Å². The Kier molecular flexibility index (Phi) is 5.81. The molecular weight excluding hydrogens is 338 g/mol. The number of thiazole rings is 1. The number of hydrogen-bond donors (Lipinski definition) is 1. The highest BCUT2D eigenvalue weighted by Crippen LogP contribution is 2.32. The molecule has 1 aromatic carbocycles. The predicted molar refractivity (Wildman–Crippen MR) is 90.5 cm³/mol. The van der Waals surface area contributed by atoms with E-state index in [0.29, 0.717) is 25.2 Å². The van der Waals surface area contributed by atoms with Crippen LogP contribution in [0.2, 0.25) is 0 Å². The first-order valence-electron chi connectivity index (χ1n) is 6.96. The van der Waals surface area contributed by atoms with Crippen molar-refractivity contribution in [2.75, 3.05) is 20.4 Å². The Morgan fingerprint density at radius 2 is 2.17 bits per heavy atom. The van der Waals surface area contributed by atoms with Gasteiger partial charge in [-0.15, -0.1) is 23.7 Å². The Labute approximate surface area is 144 Å². The van der Waals surface area contributed by atoms with Crippen LogP contribution in [0.5, 0.6) is 11.5 Å². The van der Waals surface area contributed by atoms with Crippen LogP contribution in [0.3, 0.4) is 0 Å². The van der Waals surface area contributed by atoms with Gasteiger partial charge in [0.05, 0.1) is 5.01 Å². The maximum absolute atomic E-state index is 12.4. The third-order valence-corrected chi connectivity index (χ3v) is 4.24. The molecule has 0 aliphatic carbocycles. The fourth-order valence-corrected chi connectivity index (χ4v) is 3.02. The van der Waals surface area contributed by atoms with Crippen LogP contribution >= 0.6 is 23.7 Å². The van der Waals surface area contributed by atoms with Crippen molar-refractivity contribution in [3.63, 3.8) is 0 Å². The summed E-state index contributed by atoms with van der Waals surface area (Å²) in [6, 6.07) is 5.68. The summed E-state index contributed by atoms with van der Waals surface area (Å²) in [6.45, 7) is 1.27. The van der Waals surface area contributed by atoms with Crippen LogP contribution < -0.4 is 15.2 Å². The fourth-order valence-electron chi connectivity index (χ4n) is 2.23. The number of nitrogens with zero attached hydrogens (tertiary/aromatic N) is 2. The third kappa shape index (κ3) is 3.93. The molecular formula is C15H18ClN3O3S. The Morgan fingerprint density at radius 1 is 1.39 bits per heavy atom. The molecule has 0 unspecified atom stereocenters. The maximum Gasteiger partial charge on any atom is 0.273 e. The summed E-state index contributed by atoms with van der Waals surface area (Å²) in [6.07, 6.45) is 0.698. The molecule has 0 atom stereocenters. The van der Waals surface area contributed by atoms with E-state index in [1.807, 2.05) is 18.2 Å². The molecule has 1 aliphatic heterocycles. The van der Waals surface area contributed by atoms with Crippen molar-refractivity contribution in [1.82, 2.24) is 9.88 Å². The minimum atomic E-state index is -0.0998. The summed E-state index contributed by atoms with van der Waals surface area (Å²) in [5.41, 5.74) is 6.95. The van der Waals surface area contributed by atoms with Crippen LogP contribution in [-0.2, 0) is 13.0 Å². The van der Waals surface area contributed by atoms with Gasteiger partial charge in [-0.2, -0.15) is 0 Å². The van der Waals surface area contributed by atoms with E-state index in [4.69, 9.17) is 15.2 Å². The number of amides is 1. The lowest BCUT2D eigenvalue weighted by molar-refractivity contribution is 0.0779. The maximum atomic E-state index is 12.4. The zero-order valence-electron chi connectivity index (χ0n) is 12.7. The summed E-state index contributed by atoms with van der Waals surface area (Å²) in [7, 11) is 1.76. The fraction of sp³-hybridized carbons (Fsp3) is 0.333. The Hall–Kier alpha value is -1.83. The minimum absolute atomic E-state index is 0. The molecule has 1 aliphatic rings. The molecule has 6 nitrogen and oxygen atoms in total. The second kappa shape index (κ2) is 7.63. The highest BCUT2D eigenvalue weighted by atomic mass is 35.5. The Bertz CT molecular complexity index is 692. The van der Waals surface area contributed by atoms with E-state index in [1.54, 1.807) is 17.3 Å². The number of aromatic nitrogens is 1. The molecule has 2 aromatic rings. The van der Waals surface area contributed by atoms with Gasteiger partial charge in [0.15, 0.2) is 11.5 Å². The van der Waals surface area contributed by atoms with Crippen molar-refractivity contribution < 1.29 is 14.3 Å². The minimum Gasteiger partial charge on any atom is -0.454 e. The third-order valence-electron chi connectivity index (χ3n) is 3.33. The highest BCUT2D eigenvalue weighted by molar-refractivity contribution is 7.09. The van der Waals surface area contributed by atoms with Gasteiger partial charge in [-0.3, -0.25) is 4.79 Å². The van der Waals surface area contributed by atoms with E-state index in [0.717, 1.165) is 22.1 Å². The van der Waals surface area contributed by atoms with E-state index < -0.39 is 0 Å². The molecule has 8 heteroatoms. The highest BCUT2D eigenvalue weighted by Gasteiger charge is 2.18. The van der Waals surface area contributed by atoms with Gasteiger partial charge in [0.2, 0.25) is 6.79 Å². The van der Waals surface area contributed by atoms with Crippen molar-refractivity contribution in [3.8, 4) is 11.5 Å². The van der Waals surface area contributed by atoms with Crippen molar-refractivity contribution in [2.45, 2.75) is 13.0 Å². The van der Waals surface area contributed by atoms with Crippen LogP contribution in [-0.4, -0.2) is 36.2 Å². The molecule has 0 fully saturated rings. The second-order valence-electron chi connectivity index (χ2n) is 5.01. The average molecular weight is 356 g/mol. The zero-order chi connectivity index (χ0) is 15.5. The second-order valence-corrected chi connectivity index (χ2v) is 5.96. The monoisotopic (exact) mass is 355 g/mol. The molecule has 3 rings (SSSR count). The van der Waals surface area contributed by atoms with Crippen molar-refractivity contribution in [1.29, 1.82) is 0 Å². The lowest BCUT2D eigenvalue weighted by Crippen LogP contribution is -2.26. The number of ether oxygens (including phenoxy) is 2. The van der Waals surface area contributed by atoms with Crippen LogP contribution in [0.1, 0.15) is 21.1 Å². The number of halogens is 1. The van der Waals surface area contributed by atoms with E-state index in [1.165, 1.54) is 11.3 Å². The normalized spacial score (nSPS) is 11.9. The lowest BCUT2D eigenvalue weighted by atomic mass is 10.2. The zero-order valence-corrected chi connectivity index (χ0v) is 14.3. The molecule has 2 N–H and O–H groups in total. The summed E-state index contributed by atoms with van der Waals surface area (Å²) < 4.78 is 10.6. The van der Waals surface area contributed by atoms with Gasteiger partial charge in [0, 0.05) is 25.4 Å². The summed E-state index contributed by atoms with van der Waals surface area (Å²) in [5.74, 6) is 1.36. The molecule has 0 saturated carbocycles. The first kappa shape index (κ1) is 17.5. The Balaban J connectivity index is 0.00000192. The Morgan fingerprint density at radius 3 is 2.96 bits per heavy atom. The molecule has 23 heavy (non-hydrogen) atoms. The molecule has 0 radical (unpaired) electrons. The number of carbonyl (C=O) groups is 1. The number of benzene rings is 1. The number of hydrogen-bond acceptors (Lipinski definition) is 6. The number of carbonyl (C=O) groups excluding carboxylic acids is 1. The smallest absolute Gasteiger partial charge is 0.273 e. The molecule has 124 valence electrons. The number of rotatable bonds is 5. The van der Waals surface area contributed by atoms with E-state index in [-0.39, 0.29) is 25.1 Å². The standard InChI is InChI=1S/C15H17N3O3S.ClH/c1-18(15(19)11-8-22-14(17-11)4-5-16)7-10-2-3-12-13(6-10)21-9-20-12;/h2-3,6,8H,4-5,7,9,16H2,1H3;1H. The van der Waals surface area contributed by atoms with Crippen LogP contribution in [0.15, 0.2) is 23.6 Å².